The van der Waals surface area contributed by atoms with Crippen molar-refractivity contribution >= 4 is 10.1 Å². The maximum absolute atomic E-state index is 11.4. The molecule has 2 rings (SSSR count). The molecule has 20 heavy (non-hydrogen) atoms. The second-order valence-corrected chi connectivity index (χ2v) is 6.41. The van der Waals surface area contributed by atoms with Crippen molar-refractivity contribution in [2.24, 2.45) is 0 Å². The van der Waals surface area contributed by atoms with Crippen LogP contribution in [0.5, 0.6) is 0 Å². The minimum atomic E-state index is -3.48. The highest BCUT2D eigenvalue weighted by molar-refractivity contribution is 7.86. The maximum Gasteiger partial charge on any atom is 0.264 e. The Bertz CT molecular complexity index is 596. The Morgan fingerprint density at radius 2 is 1.25 bits per heavy atom. The molecule has 4 heteroatoms. The Balaban J connectivity index is 2.40. The first-order valence-corrected chi connectivity index (χ1v) is 8.27. The minimum absolute atomic E-state index is 0.118. The summed E-state index contributed by atoms with van der Waals surface area (Å²) in [6, 6.07) is 19.6. The van der Waals surface area contributed by atoms with Crippen molar-refractivity contribution in [1.29, 1.82) is 0 Å². The van der Waals surface area contributed by atoms with E-state index in [1.165, 1.54) is 0 Å². The molecule has 0 aromatic heterocycles. The quantitative estimate of drug-likeness (QED) is 0.794. The van der Waals surface area contributed by atoms with Gasteiger partial charge >= 0.3 is 0 Å². The zero-order valence-corrected chi connectivity index (χ0v) is 12.4. The largest absolute Gasteiger partial charge is 0.266 e. The zero-order chi connectivity index (χ0) is 14.6. The van der Waals surface area contributed by atoms with Gasteiger partial charge in [-0.2, -0.15) is 8.42 Å². The molecule has 3 nitrogen and oxygen atoms in total. The second kappa shape index (κ2) is 6.20. The highest BCUT2D eigenvalue weighted by Gasteiger charge is 2.24. The number of benzene rings is 2. The van der Waals surface area contributed by atoms with Crippen molar-refractivity contribution in [2.75, 3.05) is 6.26 Å². The van der Waals surface area contributed by atoms with E-state index in [0.717, 1.165) is 17.4 Å². The van der Waals surface area contributed by atoms with Crippen LogP contribution in [0.25, 0.3) is 0 Å². The predicted molar refractivity (Wildman–Crippen MR) is 80.1 cm³/mol. The zero-order valence-electron chi connectivity index (χ0n) is 11.6. The number of rotatable bonds is 5. The summed E-state index contributed by atoms with van der Waals surface area (Å²) in [6.45, 7) is 1.78. The van der Waals surface area contributed by atoms with Crippen molar-refractivity contribution in [1.82, 2.24) is 0 Å². The fraction of sp³-hybridized carbons (Fsp3) is 0.250. The summed E-state index contributed by atoms with van der Waals surface area (Å²) in [7, 11) is -3.48. The molecular formula is C16H18O3S. The molecule has 0 heterocycles. The first kappa shape index (κ1) is 14.8. The summed E-state index contributed by atoms with van der Waals surface area (Å²) in [5, 5.41) is 0. The fourth-order valence-electron chi connectivity index (χ4n) is 2.39. The van der Waals surface area contributed by atoms with E-state index in [4.69, 9.17) is 4.18 Å². The Morgan fingerprint density at radius 3 is 1.60 bits per heavy atom. The summed E-state index contributed by atoms with van der Waals surface area (Å²) < 4.78 is 28.0. The molecule has 2 aromatic rings. The van der Waals surface area contributed by atoms with Crippen LogP contribution in [0.3, 0.4) is 0 Å². The molecule has 0 bridgehead atoms. The van der Waals surface area contributed by atoms with E-state index < -0.39 is 16.2 Å². The van der Waals surface area contributed by atoms with Gasteiger partial charge < -0.3 is 0 Å². The average Bonchev–Trinajstić information content (AvgIpc) is 2.39. The third kappa shape index (κ3) is 3.92. The van der Waals surface area contributed by atoms with Crippen molar-refractivity contribution < 1.29 is 12.6 Å². The van der Waals surface area contributed by atoms with Gasteiger partial charge in [0, 0.05) is 5.92 Å². The lowest BCUT2D eigenvalue weighted by Crippen LogP contribution is -2.23. The van der Waals surface area contributed by atoms with Gasteiger partial charge in [-0.25, -0.2) is 0 Å². The molecule has 0 aliphatic carbocycles. The van der Waals surface area contributed by atoms with Gasteiger partial charge in [-0.1, -0.05) is 60.7 Å². The maximum atomic E-state index is 11.4. The lowest BCUT2D eigenvalue weighted by atomic mass is 9.87. The monoisotopic (exact) mass is 290 g/mol. The van der Waals surface area contributed by atoms with Crippen LogP contribution in [0.15, 0.2) is 60.7 Å². The molecule has 0 saturated heterocycles. The first-order chi connectivity index (χ1) is 9.47. The van der Waals surface area contributed by atoms with E-state index in [9.17, 15) is 8.42 Å². The Hall–Kier alpha value is -1.65. The normalized spacial score (nSPS) is 13.3. The lowest BCUT2D eigenvalue weighted by Gasteiger charge is -2.24. The molecule has 0 spiro atoms. The summed E-state index contributed by atoms with van der Waals surface area (Å²) in [5.41, 5.74) is 2.07. The average molecular weight is 290 g/mol. The highest BCUT2D eigenvalue weighted by Crippen LogP contribution is 2.30. The van der Waals surface area contributed by atoms with Crippen LogP contribution >= 0.6 is 0 Å². The van der Waals surface area contributed by atoms with Crippen molar-refractivity contribution in [3.63, 3.8) is 0 Å². The topological polar surface area (TPSA) is 43.4 Å². The van der Waals surface area contributed by atoms with Gasteiger partial charge in [0.05, 0.1) is 12.4 Å². The summed E-state index contributed by atoms with van der Waals surface area (Å²) in [4.78, 5) is 0. The fourth-order valence-corrected chi connectivity index (χ4v) is 3.05. The van der Waals surface area contributed by atoms with Crippen LogP contribution in [0.4, 0.5) is 0 Å². The van der Waals surface area contributed by atoms with Gasteiger partial charge in [-0.3, -0.25) is 4.18 Å². The molecule has 2 aromatic carbocycles. The molecule has 1 atom stereocenters. The van der Waals surface area contributed by atoms with Gasteiger partial charge in [-0.05, 0) is 18.1 Å². The predicted octanol–water partition coefficient (Wildman–Crippen LogP) is 3.18. The van der Waals surface area contributed by atoms with Crippen LogP contribution < -0.4 is 0 Å². The van der Waals surface area contributed by atoms with E-state index in [1.54, 1.807) is 6.92 Å². The highest BCUT2D eigenvalue weighted by atomic mass is 32.2. The molecule has 106 valence electrons. The SMILES string of the molecule is CC(OS(C)(=O)=O)C(c1ccccc1)c1ccccc1. The molecule has 0 saturated carbocycles. The van der Waals surface area contributed by atoms with Gasteiger partial charge in [0.25, 0.3) is 10.1 Å². The van der Waals surface area contributed by atoms with E-state index in [1.807, 2.05) is 60.7 Å². The summed E-state index contributed by atoms with van der Waals surface area (Å²) >= 11 is 0. The van der Waals surface area contributed by atoms with Gasteiger partial charge in [0.1, 0.15) is 0 Å². The van der Waals surface area contributed by atoms with Crippen LogP contribution in [0.2, 0.25) is 0 Å². The Labute approximate surface area is 120 Å². The Kier molecular flexibility index (Phi) is 4.57. The number of hydrogen-bond donors (Lipinski definition) is 0. The van der Waals surface area contributed by atoms with E-state index in [0.29, 0.717) is 0 Å². The van der Waals surface area contributed by atoms with E-state index >= 15 is 0 Å². The third-order valence-corrected chi connectivity index (χ3v) is 3.77. The third-order valence-electron chi connectivity index (χ3n) is 3.11. The van der Waals surface area contributed by atoms with Crippen molar-refractivity contribution in [3.8, 4) is 0 Å². The summed E-state index contributed by atoms with van der Waals surface area (Å²) in [5.74, 6) is -0.118. The second-order valence-electron chi connectivity index (χ2n) is 4.80. The summed E-state index contributed by atoms with van der Waals surface area (Å²) in [6.07, 6.45) is 0.617. The van der Waals surface area contributed by atoms with Crippen molar-refractivity contribution in [3.05, 3.63) is 71.8 Å². The van der Waals surface area contributed by atoms with E-state index in [2.05, 4.69) is 0 Å². The van der Waals surface area contributed by atoms with Crippen LogP contribution in [-0.2, 0) is 14.3 Å². The van der Waals surface area contributed by atoms with Crippen LogP contribution in [-0.4, -0.2) is 20.8 Å². The smallest absolute Gasteiger partial charge is 0.264 e. The lowest BCUT2D eigenvalue weighted by molar-refractivity contribution is 0.212. The van der Waals surface area contributed by atoms with Gasteiger partial charge in [0.15, 0.2) is 0 Å². The molecular weight excluding hydrogens is 272 g/mol. The van der Waals surface area contributed by atoms with Gasteiger partial charge in [0.2, 0.25) is 0 Å². The van der Waals surface area contributed by atoms with Crippen LogP contribution in [0, 0.1) is 0 Å². The molecule has 0 radical (unpaired) electrons. The molecule has 0 fully saturated rings. The molecule has 0 amide bonds. The minimum Gasteiger partial charge on any atom is -0.266 e. The first-order valence-electron chi connectivity index (χ1n) is 6.45. The molecule has 0 N–H and O–H groups in total. The standard InChI is InChI=1S/C16H18O3S/c1-13(19-20(2,17)18)16(14-9-5-3-6-10-14)15-11-7-4-8-12-15/h3-13,16H,1-2H3. The Morgan fingerprint density at radius 1 is 0.850 bits per heavy atom. The molecule has 1 unspecified atom stereocenters. The van der Waals surface area contributed by atoms with E-state index in [-0.39, 0.29) is 5.92 Å². The van der Waals surface area contributed by atoms with Crippen molar-refractivity contribution in [2.45, 2.75) is 18.9 Å². The van der Waals surface area contributed by atoms with Gasteiger partial charge in [-0.15, -0.1) is 0 Å². The molecule has 0 aliphatic rings. The molecule has 0 aliphatic heterocycles. The number of hydrogen-bond acceptors (Lipinski definition) is 3. The van der Waals surface area contributed by atoms with Crippen LogP contribution in [0.1, 0.15) is 24.0 Å².